The highest BCUT2D eigenvalue weighted by Gasteiger charge is 2.29. The number of rotatable bonds is 17. The summed E-state index contributed by atoms with van der Waals surface area (Å²) < 4.78 is 4.64. The van der Waals surface area contributed by atoms with Gasteiger partial charge >= 0.3 is 11.9 Å². The topological polar surface area (TPSA) is 43.4 Å². The Hall–Kier alpha value is -1.64. The third-order valence-electron chi connectivity index (χ3n) is 6.03. The molecule has 0 radical (unpaired) electrons. The Balaban J connectivity index is 1.38. The highest BCUT2D eigenvalue weighted by molar-refractivity contribution is 6.14. The molecule has 0 unspecified atom stereocenters. The van der Waals surface area contributed by atoms with Crippen molar-refractivity contribution in [1.29, 1.82) is 0 Å². The molecule has 2 rings (SSSR count). The number of hydrogen-bond donors (Lipinski definition) is 0. The second-order valence-corrected chi connectivity index (χ2v) is 8.61. The van der Waals surface area contributed by atoms with E-state index in [9.17, 15) is 9.59 Å². The Labute approximate surface area is 177 Å². The lowest BCUT2D eigenvalue weighted by atomic mass is 10.0. The van der Waals surface area contributed by atoms with E-state index in [0.29, 0.717) is 11.1 Å². The van der Waals surface area contributed by atoms with Crippen LogP contribution in [0.1, 0.15) is 136 Å². The minimum absolute atomic E-state index is 0.408. The number of hydrogen-bond acceptors (Lipinski definition) is 3. The van der Waals surface area contributed by atoms with Gasteiger partial charge < -0.3 is 4.74 Å². The maximum Gasteiger partial charge on any atom is 0.346 e. The van der Waals surface area contributed by atoms with Crippen molar-refractivity contribution in [3.8, 4) is 0 Å². The van der Waals surface area contributed by atoms with Gasteiger partial charge in [0.15, 0.2) is 0 Å². The van der Waals surface area contributed by atoms with Gasteiger partial charge in [0, 0.05) is 0 Å². The maximum atomic E-state index is 11.6. The highest BCUT2D eigenvalue weighted by atomic mass is 16.6. The first-order valence-electron chi connectivity index (χ1n) is 12.1. The zero-order chi connectivity index (χ0) is 20.7. The summed E-state index contributed by atoms with van der Waals surface area (Å²) in [5.41, 5.74) is 1.97. The summed E-state index contributed by atoms with van der Waals surface area (Å²) in [5.74, 6) is -1.02. The molecule has 0 amide bonds. The van der Waals surface area contributed by atoms with E-state index in [2.05, 4.69) is 11.7 Å². The van der Waals surface area contributed by atoms with Gasteiger partial charge in [-0.05, 0) is 30.5 Å². The Bertz CT molecular complexity index is 620. The van der Waals surface area contributed by atoms with Crippen molar-refractivity contribution in [1.82, 2.24) is 0 Å². The molecule has 3 heteroatoms. The predicted octanol–water partition coefficient (Wildman–Crippen LogP) is 7.80. The fraction of sp³-hybridized carbons (Fsp3) is 0.692. The van der Waals surface area contributed by atoms with Crippen molar-refractivity contribution in [2.24, 2.45) is 0 Å². The Kier molecular flexibility index (Phi) is 11.7. The van der Waals surface area contributed by atoms with Crippen LogP contribution in [-0.2, 0) is 11.2 Å². The average molecular weight is 401 g/mol. The van der Waals surface area contributed by atoms with Crippen LogP contribution in [0.4, 0.5) is 0 Å². The minimum Gasteiger partial charge on any atom is -0.386 e. The quantitative estimate of drug-likeness (QED) is 0.152. The Morgan fingerprint density at radius 1 is 0.586 bits per heavy atom. The molecule has 0 N–H and O–H groups in total. The zero-order valence-electron chi connectivity index (χ0n) is 18.5. The first-order chi connectivity index (χ1) is 14.2. The molecule has 0 aliphatic carbocycles. The monoisotopic (exact) mass is 400 g/mol. The van der Waals surface area contributed by atoms with Crippen molar-refractivity contribution >= 4 is 11.9 Å². The van der Waals surface area contributed by atoms with Crippen molar-refractivity contribution in [3.05, 3.63) is 34.9 Å². The Morgan fingerprint density at radius 3 is 1.55 bits per heavy atom. The lowest BCUT2D eigenvalue weighted by Gasteiger charge is -2.04. The van der Waals surface area contributed by atoms with Gasteiger partial charge in [0.25, 0.3) is 0 Å². The van der Waals surface area contributed by atoms with Crippen molar-refractivity contribution in [3.63, 3.8) is 0 Å². The van der Waals surface area contributed by atoms with Gasteiger partial charge in [-0.25, -0.2) is 9.59 Å². The lowest BCUT2D eigenvalue weighted by molar-refractivity contribution is 0.0443. The van der Waals surface area contributed by atoms with E-state index in [-0.39, 0.29) is 0 Å². The van der Waals surface area contributed by atoms with Gasteiger partial charge in [-0.1, -0.05) is 109 Å². The summed E-state index contributed by atoms with van der Waals surface area (Å²) in [6, 6.07) is 5.50. The van der Waals surface area contributed by atoms with Gasteiger partial charge in [-0.3, -0.25) is 0 Å². The number of aryl methyl sites for hydroxylation is 1. The van der Waals surface area contributed by atoms with E-state index in [4.69, 9.17) is 0 Å². The second-order valence-electron chi connectivity index (χ2n) is 8.61. The zero-order valence-corrected chi connectivity index (χ0v) is 18.5. The van der Waals surface area contributed by atoms with Crippen molar-refractivity contribution in [2.45, 2.75) is 116 Å². The van der Waals surface area contributed by atoms with Crippen LogP contribution < -0.4 is 0 Å². The summed E-state index contributed by atoms with van der Waals surface area (Å²) in [4.78, 5) is 23.1. The molecule has 162 valence electrons. The lowest BCUT2D eigenvalue weighted by Crippen LogP contribution is -1.97. The number of ether oxygens (including phenoxy) is 1. The number of fused-ring (bicyclic) bond motifs is 1. The third kappa shape index (κ3) is 9.14. The number of esters is 2. The van der Waals surface area contributed by atoms with Gasteiger partial charge in [-0.2, -0.15) is 0 Å². The maximum absolute atomic E-state index is 11.6. The Morgan fingerprint density at radius 2 is 1.03 bits per heavy atom. The summed E-state index contributed by atoms with van der Waals surface area (Å²) in [6.07, 6.45) is 22.9. The third-order valence-corrected chi connectivity index (χ3v) is 6.03. The molecule has 0 saturated heterocycles. The molecule has 1 aliphatic heterocycles. The summed E-state index contributed by atoms with van der Waals surface area (Å²) in [6.45, 7) is 2.28. The largest absolute Gasteiger partial charge is 0.386 e. The summed E-state index contributed by atoms with van der Waals surface area (Å²) in [7, 11) is 0. The van der Waals surface area contributed by atoms with Crippen LogP contribution >= 0.6 is 0 Å². The smallest absolute Gasteiger partial charge is 0.346 e. The summed E-state index contributed by atoms with van der Waals surface area (Å²) >= 11 is 0. The molecule has 1 aliphatic rings. The molecular formula is C26H40O3. The number of carbonyl (C=O) groups is 2. The molecular weight excluding hydrogens is 360 g/mol. The average Bonchev–Trinajstić information content (AvgIpc) is 3.01. The van der Waals surface area contributed by atoms with E-state index in [1.54, 1.807) is 6.07 Å². The number of carbonyl (C=O) groups excluding carboxylic acids is 2. The van der Waals surface area contributed by atoms with Crippen LogP contribution in [0.2, 0.25) is 0 Å². The number of unbranched alkanes of at least 4 members (excludes halogenated alkanes) is 15. The molecule has 0 atom stereocenters. The van der Waals surface area contributed by atoms with Crippen molar-refractivity contribution in [2.75, 3.05) is 0 Å². The van der Waals surface area contributed by atoms with Crippen LogP contribution in [0.5, 0.6) is 0 Å². The number of benzene rings is 1. The fourth-order valence-electron chi connectivity index (χ4n) is 4.17. The molecule has 1 aromatic carbocycles. The van der Waals surface area contributed by atoms with E-state index < -0.39 is 11.9 Å². The van der Waals surface area contributed by atoms with E-state index in [0.717, 1.165) is 18.4 Å². The fourth-order valence-corrected chi connectivity index (χ4v) is 4.17. The van der Waals surface area contributed by atoms with Gasteiger partial charge in [-0.15, -0.1) is 0 Å². The molecule has 29 heavy (non-hydrogen) atoms. The van der Waals surface area contributed by atoms with Crippen LogP contribution in [0.25, 0.3) is 0 Å². The molecule has 0 spiro atoms. The normalized spacial score (nSPS) is 13.0. The number of cyclic esters (lactones) is 2. The molecule has 1 aromatic rings. The van der Waals surface area contributed by atoms with Crippen LogP contribution in [-0.4, -0.2) is 11.9 Å². The molecule has 3 nitrogen and oxygen atoms in total. The standard InChI is InChI=1S/C26H40O3/c1-2-3-4-5-6-7-8-9-10-11-12-13-14-15-16-17-18-22-19-20-23-24(21-22)26(28)29-25(23)27/h19-21H,2-18H2,1H3. The van der Waals surface area contributed by atoms with E-state index in [1.165, 1.54) is 96.3 Å². The first kappa shape index (κ1) is 23.6. The molecule has 0 saturated carbocycles. The minimum atomic E-state index is -0.515. The molecule has 1 heterocycles. The highest BCUT2D eigenvalue weighted by Crippen LogP contribution is 2.22. The molecule has 0 aromatic heterocycles. The predicted molar refractivity (Wildman–Crippen MR) is 119 cm³/mol. The van der Waals surface area contributed by atoms with E-state index in [1.807, 2.05) is 12.1 Å². The van der Waals surface area contributed by atoms with Crippen LogP contribution in [0.15, 0.2) is 18.2 Å². The van der Waals surface area contributed by atoms with Gasteiger partial charge in [0.2, 0.25) is 0 Å². The SMILES string of the molecule is CCCCCCCCCCCCCCCCCCc1ccc2c(c1)C(=O)OC2=O. The van der Waals surface area contributed by atoms with Crippen LogP contribution in [0, 0.1) is 0 Å². The van der Waals surface area contributed by atoms with Crippen LogP contribution in [0.3, 0.4) is 0 Å². The second kappa shape index (κ2) is 14.4. The molecule has 0 bridgehead atoms. The van der Waals surface area contributed by atoms with Gasteiger partial charge in [0.1, 0.15) is 0 Å². The van der Waals surface area contributed by atoms with Crippen molar-refractivity contribution < 1.29 is 14.3 Å². The van der Waals surface area contributed by atoms with Gasteiger partial charge in [0.05, 0.1) is 11.1 Å². The molecule has 0 fully saturated rings. The van der Waals surface area contributed by atoms with E-state index >= 15 is 0 Å². The summed E-state index contributed by atoms with van der Waals surface area (Å²) in [5, 5.41) is 0. The first-order valence-corrected chi connectivity index (χ1v) is 12.1.